The Labute approximate surface area is 158 Å². The molecule has 1 fully saturated rings. The first kappa shape index (κ1) is 19.5. The zero-order valence-electron chi connectivity index (χ0n) is 14.9. The summed E-state index contributed by atoms with van der Waals surface area (Å²) >= 11 is 0. The first-order chi connectivity index (χ1) is 12.9. The number of amides is 1. The fraction of sp³-hybridized carbons (Fsp3) is 0.316. The van der Waals surface area contributed by atoms with Crippen LogP contribution >= 0.6 is 0 Å². The van der Waals surface area contributed by atoms with Gasteiger partial charge in [-0.2, -0.15) is 4.31 Å². The van der Waals surface area contributed by atoms with Crippen LogP contribution in [-0.4, -0.2) is 44.9 Å². The van der Waals surface area contributed by atoms with Gasteiger partial charge in [-0.1, -0.05) is 12.1 Å². The minimum absolute atomic E-state index is 0.146. The minimum Gasteiger partial charge on any atom is -0.379 e. The number of hydrogen-bond acceptors (Lipinski definition) is 4. The third-order valence-electron chi connectivity index (χ3n) is 4.44. The molecule has 0 unspecified atom stereocenters. The highest BCUT2D eigenvalue weighted by Crippen LogP contribution is 2.19. The van der Waals surface area contributed by atoms with Gasteiger partial charge in [-0.15, -0.1) is 0 Å². The van der Waals surface area contributed by atoms with Crippen molar-refractivity contribution >= 4 is 15.9 Å². The van der Waals surface area contributed by atoms with Crippen molar-refractivity contribution in [2.45, 2.75) is 17.9 Å². The molecule has 0 aromatic heterocycles. The highest BCUT2D eigenvalue weighted by molar-refractivity contribution is 7.89. The van der Waals surface area contributed by atoms with E-state index in [9.17, 15) is 17.6 Å². The molecule has 1 N–H and O–H groups in total. The van der Waals surface area contributed by atoms with Crippen LogP contribution in [0, 0.1) is 5.82 Å². The molecule has 1 heterocycles. The maximum Gasteiger partial charge on any atom is 0.251 e. The molecule has 1 saturated heterocycles. The van der Waals surface area contributed by atoms with Crippen LogP contribution < -0.4 is 5.32 Å². The first-order valence-electron chi connectivity index (χ1n) is 8.62. The Balaban J connectivity index is 1.69. The van der Waals surface area contributed by atoms with Gasteiger partial charge in [0.15, 0.2) is 0 Å². The molecule has 0 spiro atoms. The van der Waals surface area contributed by atoms with Gasteiger partial charge < -0.3 is 10.1 Å². The summed E-state index contributed by atoms with van der Waals surface area (Å²) in [5.74, 6) is -0.670. The predicted molar refractivity (Wildman–Crippen MR) is 98.3 cm³/mol. The Morgan fingerprint density at radius 3 is 2.26 bits per heavy atom. The second kappa shape index (κ2) is 8.16. The minimum atomic E-state index is -3.59. The van der Waals surface area contributed by atoms with E-state index < -0.39 is 10.0 Å². The van der Waals surface area contributed by atoms with Crippen molar-refractivity contribution in [3.8, 4) is 0 Å². The second-order valence-corrected chi connectivity index (χ2v) is 8.23. The van der Waals surface area contributed by atoms with E-state index in [0.29, 0.717) is 31.9 Å². The van der Waals surface area contributed by atoms with E-state index in [4.69, 9.17) is 4.74 Å². The molecule has 0 aliphatic carbocycles. The number of ether oxygens (including phenoxy) is 1. The van der Waals surface area contributed by atoms with Gasteiger partial charge in [0.25, 0.3) is 5.91 Å². The smallest absolute Gasteiger partial charge is 0.251 e. The number of nitrogens with zero attached hydrogens (tertiary/aromatic N) is 1. The van der Waals surface area contributed by atoms with Crippen molar-refractivity contribution in [2.24, 2.45) is 0 Å². The van der Waals surface area contributed by atoms with Crippen LogP contribution in [0.25, 0.3) is 0 Å². The van der Waals surface area contributed by atoms with Crippen molar-refractivity contribution in [2.75, 3.05) is 26.3 Å². The van der Waals surface area contributed by atoms with Crippen molar-refractivity contribution in [1.29, 1.82) is 0 Å². The Hall–Kier alpha value is -2.29. The molecule has 1 aliphatic heterocycles. The number of carbonyl (C=O) groups excluding carboxylic acids is 1. The molecular weight excluding hydrogens is 371 g/mol. The summed E-state index contributed by atoms with van der Waals surface area (Å²) < 4.78 is 44.8. The summed E-state index contributed by atoms with van der Waals surface area (Å²) in [6, 6.07) is 11.4. The van der Waals surface area contributed by atoms with Gasteiger partial charge in [-0.3, -0.25) is 4.79 Å². The number of morpholine rings is 1. The summed E-state index contributed by atoms with van der Waals surface area (Å²) in [7, 11) is -3.59. The van der Waals surface area contributed by atoms with E-state index in [0.717, 1.165) is 5.56 Å². The second-order valence-electron chi connectivity index (χ2n) is 6.29. The van der Waals surface area contributed by atoms with E-state index in [-0.39, 0.29) is 22.7 Å². The maximum atomic E-state index is 13.0. The molecule has 0 radical (unpaired) electrons. The average molecular weight is 392 g/mol. The summed E-state index contributed by atoms with van der Waals surface area (Å²) in [6.45, 7) is 3.18. The fourth-order valence-corrected chi connectivity index (χ4v) is 4.24. The molecule has 144 valence electrons. The van der Waals surface area contributed by atoms with Crippen LogP contribution in [0.15, 0.2) is 53.4 Å². The summed E-state index contributed by atoms with van der Waals surface area (Å²) in [4.78, 5) is 12.5. The highest BCUT2D eigenvalue weighted by atomic mass is 32.2. The fourth-order valence-electron chi connectivity index (χ4n) is 2.83. The summed E-state index contributed by atoms with van der Waals surface area (Å²) in [5.41, 5.74) is 1.13. The van der Waals surface area contributed by atoms with Crippen LogP contribution in [0.2, 0.25) is 0 Å². The lowest BCUT2D eigenvalue weighted by molar-refractivity contribution is 0.0730. The molecule has 8 heteroatoms. The van der Waals surface area contributed by atoms with Crippen LogP contribution in [0.5, 0.6) is 0 Å². The van der Waals surface area contributed by atoms with E-state index in [2.05, 4.69) is 5.32 Å². The number of rotatable bonds is 5. The molecule has 1 amide bonds. The lowest BCUT2D eigenvalue weighted by Crippen LogP contribution is -2.40. The summed E-state index contributed by atoms with van der Waals surface area (Å²) in [5, 5.41) is 2.82. The molecule has 1 atom stereocenters. The van der Waals surface area contributed by atoms with E-state index in [1.54, 1.807) is 19.1 Å². The molecule has 0 saturated carbocycles. The largest absolute Gasteiger partial charge is 0.379 e. The molecule has 2 aromatic rings. The van der Waals surface area contributed by atoms with Crippen molar-refractivity contribution in [3.05, 3.63) is 65.5 Å². The molecule has 27 heavy (non-hydrogen) atoms. The molecule has 6 nitrogen and oxygen atoms in total. The summed E-state index contributed by atoms with van der Waals surface area (Å²) in [6.07, 6.45) is 0. The van der Waals surface area contributed by atoms with E-state index >= 15 is 0 Å². The monoisotopic (exact) mass is 392 g/mol. The molecule has 2 aromatic carbocycles. The van der Waals surface area contributed by atoms with Gasteiger partial charge in [0, 0.05) is 18.7 Å². The van der Waals surface area contributed by atoms with Gasteiger partial charge in [0.1, 0.15) is 5.82 Å². The highest BCUT2D eigenvalue weighted by Gasteiger charge is 2.26. The van der Waals surface area contributed by atoms with E-state index in [1.165, 1.54) is 40.7 Å². The molecule has 0 bridgehead atoms. The average Bonchev–Trinajstić information content (AvgIpc) is 2.69. The van der Waals surface area contributed by atoms with Crippen molar-refractivity contribution < 1.29 is 22.3 Å². The Morgan fingerprint density at radius 1 is 1.07 bits per heavy atom. The maximum absolute atomic E-state index is 13.0. The van der Waals surface area contributed by atoms with Crippen molar-refractivity contribution in [1.82, 2.24) is 9.62 Å². The standard InChI is InChI=1S/C19H21FN2O4S/c1-14(15-2-6-17(20)7-3-15)21-19(23)16-4-8-18(9-5-16)27(24,25)22-10-12-26-13-11-22/h2-9,14H,10-13H2,1H3,(H,21,23)/t14-/m0/s1. The predicted octanol–water partition coefficient (Wildman–Crippen LogP) is 2.34. The van der Waals surface area contributed by atoms with Crippen LogP contribution in [0.3, 0.4) is 0 Å². The van der Waals surface area contributed by atoms with Crippen LogP contribution in [0.4, 0.5) is 4.39 Å². The van der Waals surface area contributed by atoms with Crippen LogP contribution in [-0.2, 0) is 14.8 Å². The SMILES string of the molecule is C[C@H](NC(=O)c1ccc(S(=O)(=O)N2CCOCC2)cc1)c1ccc(F)cc1. The van der Waals surface area contributed by atoms with Gasteiger partial charge in [0.2, 0.25) is 10.0 Å². The number of benzene rings is 2. The van der Waals surface area contributed by atoms with Crippen LogP contribution in [0.1, 0.15) is 28.9 Å². The zero-order valence-corrected chi connectivity index (χ0v) is 15.7. The molecule has 1 aliphatic rings. The lowest BCUT2D eigenvalue weighted by atomic mass is 10.1. The van der Waals surface area contributed by atoms with Crippen molar-refractivity contribution in [3.63, 3.8) is 0 Å². The first-order valence-corrected chi connectivity index (χ1v) is 10.1. The Morgan fingerprint density at radius 2 is 1.67 bits per heavy atom. The normalized spacial score (nSPS) is 16.7. The van der Waals surface area contributed by atoms with Gasteiger partial charge in [0.05, 0.1) is 24.2 Å². The number of hydrogen-bond donors (Lipinski definition) is 1. The lowest BCUT2D eigenvalue weighted by Gasteiger charge is -2.26. The number of sulfonamides is 1. The molecular formula is C19H21FN2O4S. The molecule has 3 rings (SSSR count). The third kappa shape index (κ3) is 4.52. The number of nitrogens with one attached hydrogen (secondary N) is 1. The van der Waals surface area contributed by atoms with Gasteiger partial charge in [-0.05, 0) is 48.9 Å². The Bertz CT molecular complexity index is 892. The van der Waals surface area contributed by atoms with Gasteiger partial charge >= 0.3 is 0 Å². The third-order valence-corrected chi connectivity index (χ3v) is 6.35. The zero-order chi connectivity index (χ0) is 19.4. The Kier molecular flexibility index (Phi) is 5.88. The van der Waals surface area contributed by atoms with E-state index in [1.807, 2.05) is 0 Å². The number of halogens is 1. The topological polar surface area (TPSA) is 75.7 Å². The van der Waals surface area contributed by atoms with Gasteiger partial charge in [-0.25, -0.2) is 12.8 Å². The quantitative estimate of drug-likeness (QED) is 0.848. The number of carbonyl (C=O) groups is 1.